The van der Waals surface area contributed by atoms with Crippen LogP contribution in [0.1, 0.15) is 51.3 Å². The maximum Gasteiger partial charge on any atom is 0.312 e. The molecule has 0 aliphatic heterocycles. The second kappa shape index (κ2) is 5.37. The van der Waals surface area contributed by atoms with E-state index in [1.165, 1.54) is 0 Å². The quantitative estimate of drug-likeness (QED) is 0.818. The number of hydrogen-bond acceptors (Lipinski definition) is 7. The van der Waals surface area contributed by atoms with Crippen molar-refractivity contribution in [2.45, 2.75) is 57.9 Å². The van der Waals surface area contributed by atoms with Crippen molar-refractivity contribution in [3.8, 4) is 0 Å². The second-order valence-electron chi connectivity index (χ2n) is 6.47. The SMILES string of the molecule is CCOC(=O)C12CCC(Nc3nc(C)nc(N)n3)(CC1)CC2. The number of fused-ring (bicyclic) bond motifs is 3. The predicted octanol–water partition coefficient (Wildman–Crippen LogP) is 1.83. The largest absolute Gasteiger partial charge is 0.466 e. The van der Waals surface area contributed by atoms with E-state index in [2.05, 4.69) is 20.3 Å². The number of carbonyl (C=O) groups is 1. The number of ether oxygens (including phenoxy) is 1. The van der Waals surface area contributed by atoms with E-state index in [-0.39, 0.29) is 22.9 Å². The van der Waals surface area contributed by atoms with Crippen LogP contribution in [0.4, 0.5) is 11.9 Å². The van der Waals surface area contributed by atoms with Crippen LogP contribution in [0.25, 0.3) is 0 Å². The normalized spacial score (nSPS) is 30.1. The van der Waals surface area contributed by atoms with Crippen LogP contribution in [0.3, 0.4) is 0 Å². The van der Waals surface area contributed by atoms with Gasteiger partial charge in [0.25, 0.3) is 0 Å². The minimum absolute atomic E-state index is 0.0245. The van der Waals surface area contributed by atoms with Gasteiger partial charge in [0.15, 0.2) is 0 Å². The Bertz CT molecular complexity index is 545. The number of aryl methyl sites for hydroxylation is 1. The average Bonchev–Trinajstić information content (AvgIpc) is 2.48. The van der Waals surface area contributed by atoms with Crippen LogP contribution in [0.5, 0.6) is 0 Å². The lowest BCUT2D eigenvalue weighted by atomic mass is 9.57. The third-order valence-corrected chi connectivity index (χ3v) is 5.10. The lowest BCUT2D eigenvalue weighted by Gasteiger charge is -2.52. The maximum absolute atomic E-state index is 12.2. The van der Waals surface area contributed by atoms with Crippen LogP contribution >= 0.6 is 0 Å². The van der Waals surface area contributed by atoms with Gasteiger partial charge in [0.05, 0.1) is 12.0 Å². The first-order valence-electron chi connectivity index (χ1n) is 7.91. The Morgan fingerprint density at radius 3 is 2.36 bits per heavy atom. The third kappa shape index (κ3) is 2.60. The smallest absolute Gasteiger partial charge is 0.312 e. The summed E-state index contributed by atoms with van der Waals surface area (Å²) in [7, 11) is 0. The Morgan fingerprint density at radius 2 is 1.82 bits per heavy atom. The number of aromatic nitrogens is 3. The molecule has 0 atom stereocenters. The summed E-state index contributed by atoms with van der Waals surface area (Å²) in [5.41, 5.74) is 5.39. The zero-order valence-electron chi connectivity index (χ0n) is 13.2. The molecule has 1 aromatic rings. The first-order chi connectivity index (χ1) is 10.5. The summed E-state index contributed by atoms with van der Waals surface area (Å²) in [6, 6.07) is 0. The van der Waals surface area contributed by atoms with Gasteiger partial charge in [-0.15, -0.1) is 0 Å². The topological polar surface area (TPSA) is 103 Å². The highest BCUT2D eigenvalue weighted by atomic mass is 16.5. The van der Waals surface area contributed by atoms with Crippen LogP contribution < -0.4 is 11.1 Å². The zero-order chi connectivity index (χ0) is 15.8. The van der Waals surface area contributed by atoms with Crippen LogP contribution in [0.2, 0.25) is 0 Å². The van der Waals surface area contributed by atoms with Crippen molar-refractivity contribution in [2.24, 2.45) is 5.41 Å². The Hall–Kier alpha value is -1.92. The van der Waals surface area contributed by atoms with Gasteiger partial charge in [-0.3, -0.25) is 4.79 Å². The Morgan fingerprint density at radius 1 is 1.18 bits per heavy atom. The summed E-state index contributed by atoms with van der Waals surface area (Å²) in [5.74, 6) is 1.36. The maximum atomic E-state index is 12.2. The van der Waals surface area contributed by atoms with E-state index < -0.39 is 0 Å². The van der Waals surface area contributed by atoms with Crippen molar-refractivity contribution in [3.05, 3.63) is 5.82 Å². The van der Waals surface area contributed by atoms with Gasteiger partial charge >= 0.3 is 5.97 Å². The van der Waals surface area contributed by atoms with Crippen molar-refractivity contribution in [1.29, 1.82) is 0 Å². The number of esters is 1. The zero-order valence-corrected chi connectivity index (χ0v) is 13.2. The standard InChI is InChI=1S/C15H23N5O2/c1-3-22-11(21)14-4-7-15(8-5-14,9-6-14)20-13-18-10(2)17-12(16)19-13/h3-9H2,1-2H3,(H3,16,17,18,19,20). The van der Waals surface area contributed by atoms with Crippen LogP contribution in [-0.2, 0) is 9.53 Å². The molecule has 7 nitrogen and oxygen atoms in total. The number of nitrogens with one attached hydrogen (secondary N) is 1. The van der Waals surface area contributed by atoms with Gasteiger partial charge in [-0.1, -0.05) is 0 Å². The van der Waals surface area contributed by atoms with E-state index in [0.29, 0.717) is 18.4 Å². The van der Waals surface area contributed by atoms with Crippen molar-refractivity contribution in [2.75, 3.05) is 17.7 Å². The Labute approximate surface area is 130 Å². The van der Waals surface area contributed by atoms with Crippen LogP contribution in [-0.4, -0.2) is 33.1 Å². The molecule has 3 fully saturated rings. The fourth-order valence-corrected chi connectivity index (χ4v) is 3.76. The number of carbonyl (C=O) groups excluding carboxylic acids is 1. The number of nitrogen functional groups attached to an aromatic ring is 1. The molecule has 3 aliphatic carbocycles. The molecule has 0 aromatic carbocycles. The number of rotatable bonds is 4. The molecule has 0 radical (unpaired) electrons. The van der Waals surface area contributed by atoms with Crippen LogP contribution in [0, 0.1) is 12.3 Å². The van der Waals surface area contributed by atoms with E-state index in [0.717, 1.165) is 38.5 Å². The fraction of sp³-hybridized carbons (Fsp3) is 0.733. The summed E-state index contributed by atoms with van der Waals surface area (Å²) in [6.07, 6.45) is 5.36. The van der Waals surface area contributed by atoms with E-state index in [1.807, 2.05) is 6.92 Å². The van der Waals surface area contributed by atoms with Crippen molar-refractivity contribution in [3.63, 3.8) is 0 Å². The summed E-state index contributed by atoms with van der Waals surface area (Å²) >= 11 is 0. The summed E-state index contributed by atoms with van der Waals surface area (Å²) in [5, 5.41) is 3.46. The molecule has 7 heteroatoms. The van der Waals surface area contributed by atoms with E-state index in [4.69, 9.17) is 10.5 Å². The highest BCUT2D eigenvalue weighted by Gasteiger charge is 2.53. The summed E-state index contributed by atoms with van der Waals surface area (Å²) in [6.45, 7) is 4.11. The van der Waals surface area contributed by atoms with Gasteiger partial charge < -0.3 is 15.8 Å². The summed E-state index contributed by atoms with van der Waals surface area (Å²) in [4.78, 5) is 24.7. The average molecular weight is 305 g/mol. The van der Waals surface area contributed by atoms with E-state index >= 15 is 0 Å². The second-order valence-corrected chi connectivity index (χ2v) is 6.47. The van der Waals surface area contributed by atoms with Crippen LogP contribution in [0.15, 0.2) is 0 Å². The molecule has 0 saturated heterocycles. The molecule has 4 rings (SSSR count). The molecule has 120 valence electrons. The Balaban J connectivity index is 1.72. The molecule has 0 amide bonds. The number of hydrogen-bond donors (Lipinski definition) is 2. The molecule has 22 heavy (non-hydrogen) atoms. The molecule has 1 heterocycles. The lowest BCUT2D eigenvalue weighted by Crippen LogP contribution is -2.54. The van der Waals surface area contributed by atoms with Gasteiger partial charge in [-0.25, -0.2) is 0 Å². The minimum atomic E-state index is -0.270. The number of anilines is 2. The molecule has 1 aromatic heterocycles. The van der Waals surface area contributed by atoms with Crippen molar-refractivity contribution in [1.82, 2.24) is 15.0 Å². The molecule has 3 N–H and O–H groups in total. The van der Waals surface area contributed by atoms with Gasteiger partial charge in [-0.05, 0) is 52.4 Å². The number of nitrogens with zero attached hydrogens (tertiary/aromatic N) is 3. The number of nitrogens with two attached hydrogens (primary N) is 1. The van der Waals surface area contributed by atoms with Crippen molar-refractivity contribution >= 4 is 17.9 Å². The van der Waals surface area contributed by atoms with Gasteiger partial charge in [0, 0.05) is 5.54 Å². The first kappa shape index (κ1) is 15.0. The molecular weight excluding hydrogens is 282 g/mol. The third-order valence-electron chi connectivity index (χ3n) is 5.10. The van der Waals surface area contributed by atoms with E-state index in [1.54, 1.807) is 6.92 Å². The van der Waals surface area contributed by atoms with Gasteiger partial charge in [0.1, 0.15) is 5.82 Å². The van der Waals surface area contributed by atoms with E-state index in [9.17, 15) is 4.79 Å². The molecule has 3 aliphatic rings. The highest BCUT2D eigenvalue weighted by Crippen LogP contribution is 2.53. The van der Waals surface area contributed by atoms with Gasteiger partial charge in [0.2, 0.25) is 11.9 Å². The minimum Gasteiger partial charge on any atom is -0.466 e. The monoisotopic (exact) mass is 305 g/mol. The molecule has 3 saturated carbocycles. The fourth-order valence-electron chi connectivity index (χ4n) is 3.76. The first-order valence-corrected chi connectivity index (χ1v) is 7.91. The molecule has 0 spiro atoms. The van der Waals surface area contributed by atoms with Crippen molar-refractivity contribution < 1.29 is 9.53 Å². The molecule has 2 bridgehead atoms. The predicted molar refractivity (Wildman–Crippen MR) is 82.1 cm³/mol. The highest BCUT2D eigenvalue weighted by molar-refractivity contribution is 5.77. The van der Waals surface area contributed by atoms with Gasteiger partial charge in [-0.2, -0.15) is 15.0 Å². The molecular formula is C15H23N5O2. The lowest BCUT2D eigenvalue weighted by molar-refractivity contribution is -0.162. The molecule has 0 unspecified atom stereocenters. The Kier molecular flexibility index (Phi) is 3.66. The summed E-state index contributed by atoms with van der Waals surface area (Å²) < 4.78 is 5.27.